The second-order valence-electron chi connectivity index (χ2n) is 7.62. The van der Waals surface area contributed by atoms with Gasteiger partial charge in [-0.3, -0.25) is 4.98 Å². The topological polar surface area (TPSA) is 62.7 Å². The number of aromatic nitrogens is 1. The van der Waals surface area contributed by atoms with Gasteiger partial charge in [0.15, 0.2) is 0 Å². The Morgan fingerprint density at radius 1 is 1.16 bits per heavy atom. The molecule has 1 aliphatic carbocycles. The number of pyridine rings is 1. The highest BCUT2D eigenvalue weighted by Gasteiger charge is 2.15. The minimum atomic E-state index is 0.424. The predicted molar refractivity (Wildman–Crippen MR) is 136 cm³/mol. The fraction of sp³-hybridized carbons (Fsp3) is 0.462. The third-order valence-corrected chi connectivity index (χ3v) is 5.96. The van der Waals surface area contributed by atoms with Crippen LogP contribution in [-0.2, 0) is 0 Å². The molecule has 0 saturated heterocycles. The zero-order chi connectivity index (χ0) is 23.4. The van der Waals surface area contributed by atoms with Crippen molar-refractivity contribution in [3.8, 4) is 6.07 Å². The molecule has 3 rings (SSSR count). The third-order valence-electron chi connectivity index (χ3n) is 5.22. The lowest BCUT2D eigenvalue weighted by molar-refractivity contribution is 0.385. The number of anilines is 1. The highest BCUT2D eigenvalue weighted by atomic mass is 35.5. The van der Waals surface area contributed by atoms with Gasteiger partial charge in [-0.2, -0.15) is 5.26 Å². The Kier molecular flexibility index (Phi) is 12.3. The number of hydrogen-bond donors (Lipinski definition) is 1. The second kappa shape index (κ2) is 14.1. The van der Waals surface area contributed by atoms with E-state index in [4.69, 9.17) is 28.9 Å². The summed E-state index contributed by atoms with van der Waals surface area (Å²) in [5.41, 5.74) is 10.2. The molecule has 0 bridgehead atoms. The van der Waals surface area contributed by atoms with Crippen LogP contribution in [0.5, 0.6) is 0 Å². The molecule has 3 nitrogen and oxygen atoms in total. The van der Waals surface area contributed by atoms with E-state index in [9.17, 15) is 5.26 Å². The second-order valence-corrected chi connectivity index (χ2v) is 8.40. The smallest absolute Gasteiger partial charge is 0.101 e. The number of nitriles is 1. The van der Waals surface area contributed by atoms with E-state index in [1.807, 2.05) is 33.8 Å². The van der Waals surface area contributed by atoms with Crippen LogP contribution in [0.2, 0.25) is 10.0 Å². The summed E-state index contributed by atoms with van der Waals surface area (Å²) in [7, 11) is 0. The maximum absolute atomic E-state index is 9.20. The lowest BCUT2D eigenvalue weighted by Gasteiger charge is -2.15. The summed E-state index contributed by atoms with van der Waals surface area (Å²) >= 11 is 12.4. The SMILES string of the molecule is CC.CC/C=C(\c1cc(C#N)c(Cl)cc1C)c1cncc(N)c1Cl.CC1CCCCC1. The van der Waals surface area contributed by atoms with Gasteiger partial charge < -0.3 is 5.73 Å². The lowest BCUT2D eigenvalue weighted by Crippen LogP contribution is -1.99. The molecule has 2 N–H and O–H groups in total. The summed E-state index contributed by atoms with van der Waals surface area (Å²) in [4.78, 5) is 4.12. The van der Waals surface area contributed by atoms with Crippen molar-refractivity contribution in [2.75, 3.05) is 5.73 Å². The van der Waals surface area contributed by atoms with Crippen molar-refractivity contribution in [3.63, 3.8) is 0 Å². The largest absolute Gasteiger partial charge is 0.396 e. The van der Waals surface area contributed by atoms with Gasteiger partial charge in [0.05, 0.1) is 27.5 Å². The molecule has 1 aromatic carbocycles. The molecule has 1 saturated carbocycles. The Balaban J connectivity index is 0.000000447. The van der Waals surface area contributed by atoms with Crippen molar-refractivity contribution in [2.24, 2.45) is 5.92 Å². The van der Waals surface area contributed by atoms with E-state index in [1.165, 1.54) is 38.3 Å². The summed E-state index contributed by atoms with van der Waals surface area (Å²) in [6, 6.07) is 5.67. The van der Waals surface area contributed by atoms with E-state index in [0.717, 1.165) is 34.6 Å². The number of nitrogens with two attached hydrogens (primary N) is 1. The number of allylic oxidation sites excluding steroid dienone is 1. The molecule has 0 aliphatic heterocycles. The van der Waals surface area contributed by atoms with E-state index in [-0.39, 0.29) is 0 Å². The standard InChI is InChI=1S/C17H15Cl2N3.C7H14.C2H6/c1-3-4-12(14-8-22-9-16(21)17(14)19)13-6-11(7-20)15(18)5-10(13)2;1-7-5-3-2-4-6-7;1-2/h4-6,8-9H,3,21H2,1-2H3;7H,2-6H2,1H3;1-2H3/b12-4+;;. The first-order chi connectivity index (χ1) is 14.9. The minimum absolute atomic E-state index is 0.424. The maximum Gasteiger partial charge on any atom is 0.101 e. The Morgan fingerprint density at radius 3 is 2.32 bits per heavy atom. The number of hydrogen-bond acceptors (Lipinski definition) is 3. The van der Waals surface area contributed by atoms with E-state index in [2.05, 4.69) is 18.0 Å². The molecular weight excluding hydrogens is 425 g/mol. The normalized spacial score (nSPS) is 13.9. The zero-order valence-electron chi connectivity index (χ0n) is 19.4. The van der Waals surface area contributed by atoms with Crippen LogP contribution in [0.1, 0.15) is 88.5 Å². The summed E-state index contributed by atoms with van der Waals surface area (Å²) in [5, 5.41) is 10.1. The molecule has 0 radical (unpaired) electrons. The predicted octanol–water partition coefficient (Wildman–Crippen LogP) is 8.61. The first kappa shape index (κ1) is 27.0. The first-order valence-corrected chi connectivity index (χ1v) is 11.9. The van der Waals surface area contributed by atoms with Crippen LogP contribution in [0.15, 0.2) is 30.6 Å². The Bertz CT molecular complexity index is 908. The summed E-state index contributed by atoms with van der Waals surface area (Å²) in [5.74, 6) is 1.04. The summed E-state index contributed by atoms with van der Waals surface area (Å²) in [6.07, 6.45) is 13.5. The molecule has 1 heterocycles. The van der Waals surface area contributed by atoms with Gasteiger partial charge in [-0.1, -0.05) is 89.1 Å². The molecule has 2 aromatic rings. The zero-order valence-corrected chi connectivity index (χ0v) is 20.9. The van der Waals surface area contributed by atoms with Crippen molar-refractivity contribution in [1.29, 1.82) is 5.26 Å². The average molecular weight is 460 g/mol. The minimum Gasteiger partial charge on any atom is -0.396 e. The van der Waals surface area contributed by atoms with E-state index in [1.54, 1.807) is 18.3 Å². The molecule has 0 atom stereocenters. The number of benzene rings is 1. The number of halogens is 2. The maximum atomic E-state index is 9.20. The van der Waals surface area contributed by atoms with E-state index in [0.29, 0.717) is 21.3 Å². The van der Waals surface area contributed by atoms with Gasteiger partial charge in [0.1, 0.15) is 6.07 Å². The number of aryl methyl sites for hydroxylation is 1. The highest BCUT2D eigenvalue weighted by molar-refractivity contribution is 6.35. The van der Waals surface area contributed by atoms with Crippen molar-refractivity contribution in [1.82, 2.24) is 4.98 Å². The molecular formula is C26H35Cl2N3. The fourth-order valence-electron chi connectivity index (χ4n) is 3.57. The monoisotopic (exact) mass is 459 g/mol. The highest BCUT2D eigenvalue weighted by Crippen LogP contribution is 2.35. The molecule has 0 unspecified atom stereocenters. The third kappa shape index (κ3) is 7.87. The summed E-state index contributed by atoms with van der Waals surface area (Å²) in [6.45, 7) is 10.3. The molecule has 1 aliphatic rings. The van der Waals surface area contributed by atoms with Crippen LogP contribution in [0.25, 0.3) is 5.57 Å². The van der Waals surface area contributed by atoms with Gasteiger partial charge in [0, 0.05) is 11.8 Å². The van der Waals surface area contributed by atoms with E-state index < -0.39 is 0 Å². The average Bonchev–Trinajstić information content (AvgIpc) is 2.77. The van der Waals surface area contributed by atoms with Crippen molar-refractivity contribution in [3.05, 3.63) is 62.9 Å². The lowest BCUT2D eigenvalue weighted by atomic mass is 9.91. The van der Waals surface area contributed by atoms with E-state index >= 15 is 0 Å². The van der Waals surface area contributed by atoms with Crippen LogP contribution in [-0.4, -0.2) is 4.98 Å². The molecule has 1 fully saturated rings. The fourth-order valence-corrected chi connectivity index (χ4v) is 4.03. The van der Waals surface area contributed by atoms with Gasteiger partial charge in [-0.15, -0.1) is 0 Å². The molecule has 31 heavy (non-hydrogen) atoms. The van der Waals surface area contributed by atoms with Gasteiger partial charge in [-0.05, 0) is 48.1 Å². The van der Waals surface area contributed by atoms with Gasteiger partial charge in [-0.25, -0.2) is 0 Å². The van der Waals surface area contributed by atoms with Crippen molar-refractivity contribution < 1.29 is 0 Å². The Morgan fingerprint density at radius 2 is 1.81 bits per heavy atom. The first-order valence-electron chi connectivity index (χ1n) is 11.2. The van der Waals surface area contributed by atoms with Crippen LogP contribution in [0, 0.1) is 24.2 Å². The van der Waals surface area contributed by atoms with Gasteiger partial charge >= 0.3 is 0 Å². The molecule has 5 heteroatoms. The molecule has 0 spiro atoms. The Labute approximate surface area is 198 Å². The van der Waals surface area contributed by atoms with Gasteiger partial charge in [0.2, 0.25) is 0 Å². The van der Waals surface area contributed by atoms with Crippen LogP contribution in [0.3, 0.4) is 0 Å². The van der Waals surface area contributed by atoms with Gasteiger partial charge in [0.25, 0.3) is 0 Å². The Hall–Kier alpha value is -2.02. The van der Waals surface area contributed by atoms with Crippen LogP contribution >= 0.6 is 23.2 Å². The van der Waals surface area contributed by atoms with Crippen LogP contribution < -0.4 is 5.73 Å². The number of rotatable bonds is 3. The van der Waals surface area contributed by atoms with Crippen LogP contribution in [0.4, 0.5) is 5.69 Å². The molecule has 0 amide bonds. The van der Waals surface area contributed by atoms with Crippen molar-refractivity contribution >= 4 is 34.5 Å². The number of nitrogens with zero attached hydrogens (tertiary/aromatic N) is 2. The van der Waals surface area contributed by atoms with Crippen molar-refractivity contribution in [2.45, 2.75) is 73.1 Å². The quantitative estimate of drug-likeness (QED) is 0.499. The molecule has 168 valence electrons. The summed E-state index contributed by atoms with van der Waals surface area (Å²) < 4.78 is 0. The number of nitrogen functional groups attached to an aromatic ring is 1. The molecule has 1 aromatic heterocycles.